The molecule has 6 heteroatoms. The van der Waals surface area contributed by atoms with Crippen molar-refractivity contribution >= 4 is 27.3 Å². The van der Waals surface area contributed by atoms with Crippen LogP contribution in [0.4, 0.5) is 24.5 Å². The third-order valence-electron chi connectivity index (χ3n) is 2.57. The molecular formula is C13H10BrF3N2. The van der Waals surface area contributed by atoms with Gasteiger partial charge in [-0.05, 0) is 40.2 Å². The molecule has 0 aliphatic heterocycles. The summed E-state index contributed by atoms with van der Waals surface area (Å²) < 4.78 is 39.8. The lowest BCUT2D eigenvalue weighted by atomic mass is 10.2. The molecule has 0 spiro atoms. The standard InChI is InChI=1S/C13H10BrF3N2/c14-9-4-13(12(18)5-11(9)17)19-6-7-3-8(15)1-2-10(7)16/h1-5,19H,6,18H2. The highest BCUT2D eigenvalue weighted by molar-refractivity contribution is 9.10. The van der Waals surface area contributed by atoms with Gasteiger partial charge in [-0.15, -0.1) is 0 Å². The van der Waals surface area contributed by atoms with Crippen LogP contribution in [0.3, 0.4) is 0 Å². The van der Waals surface area contributed by atoms with Gasteiger partial charge in [-0.2, -0.15) is 0 Å². The Bertz CT molecular complexity index is 617. The van der Waals surface area contributed by atoms with Crippen LogP contribution in [0.15, 0.2) is 34.8 Å². The predicted molar refractivity (Wildman–Crippen MR) is 72.2 cm³/mol. The summed E-state index contributed by atoms with van der Waals surface area (Å²) >= 11 is 3.03. The summed E-state index contributed by atoms with van der Waals surface area (Å²) in [6, 6.07) is 5.78. The molecule has 19 heavy (non-hydrogen) atoms. The molecule has 2 nitrogen and oxygen atoms in total. The largest absolute Gasteiger partial charge is 0.397 e. The molecule has 0 bridgehead atoms. The highest BCUT2D eigenvalue weighted by Gasteiger charge is 2.08. The number of nitrogen functional groups attached to an aromatic ring is 1. The van der Waals surface area contributed by atoms with Gasteiger partial charge in [0.1, 0.15) is 17.5 Å². The van der Waals surface area contributed by atoms with Crippen LogP contribution >= 0.6 is 15.9 Å². The molecule has 0 saturated carbocycles. The van der Waals surface area contributed by atoms with Gasteiger partial charge in [-0.3, -0.25) is 0 Å². The van der Waals surface area contributed by atoms with Gasteiger partial charge in [-0.1, -0.05) is 0 Å². The van der Waals surface area contributed by atoms with Crippen molar-refractivity contribution in [2.24, 2.45) is 0 Å². The van der Waals surface area contributed by atoms with Crippen molar-refractivity contribution in [3.8, 4) is 0 Å². The smallest absolute Gasteiger partial charge is 0.139 e. The third kappa shape index (κ3) is 3.20. The van der Waals surface area contributed by atoms with E-state index in [2.05, 4.69) is 21.2 Å². The number of halogens is 4. The molecule has 100 valence electrons. The molecule has 0 fully saturated rings. The normalized spacial score (nSPS) is 10.5. The molecular weight excluding hydrogens is 321 g/mol. The van der Waals surface area contributed by atoms with Gasteiger partial charge in [0, 0.05) is 18.2 Å². The molecule has 2 rings (SSSR count). The average Bonchev–Trinajstić information content (AvgIpc) is 2.36. The maximum absolute atomic E-state index is 13.4. The van der Waals surface area contributed by atoms with Gasteiger partial charge in [0.15, 0.2) is 0 Å². The number of nitrogens with two attached hydrogens (primary N) is 1. The van der Waals surface area contributed by atoms with E-state index in [9.17, 15) is 13.2 Å². The quantitative estimate of drug-likeness (QED) is 0.833. The van der Waals surface area contributed by atoms with Gasteiger partial charge in [0.25, 0.3) is 0 Å². The molecule has 2 aromatic carbocycles. The molecule has 0 unspecified atom stereocenters. The van der Waals surface area contributed by atoms with Crippen LogP contribution in [-0.2, 0) is 6.54 Å². The third-order valence-corrected chi connectivity index (χ3v) is 3.18. The second-order valence-electron chi connectivity index (χ2n) is 3.94. The summed E-state index contributed by atoms with van der Waals surface area (Å²) in [7, 11) is 0. The fourth-order valence-electron chi connectivity index (χ4n) is 1.58. The Morgan fingerprint density at radius 2 is 1.79 bits per heavy atom. The lowest BCUT2D eigenvalue weighted by molar-refractivity contribution is 0.587. The van der Waals surface area contributed by atoms with Gasteiger partial charge in [-0.25, -0.2) is 13.2 Å². The van der Waals surface area contributed by atoms with E-state index in [1.54, 1.807) is 0 Å². The van der Waals surface area contributed by atoms with E-state index in [4.69, 9.17) is 5.73 Å². The van der Waals surface area contributed by atoms with E-state index in [0.29, 0.717) is 5.69 Å². The predicted octanol–water partition coefficient (Wildman–Crippen LogP) is 4.06. The van der Waals surface area contributed by atoms with Crippen LogP contribution in [0.2, 0.25) is 0 Å². The Kier molecular flexibility index (Phi) is 3.99. The van der Waals surface area contributed by atoms with Crippen LogP contribution in [-0.4, -0.2) is 0 Å². The molecule has 0 atom stereocenters. The fourth-order valence-corrected chi connectivity index (χ4v) is 1.93. The highest BCUT2D eigenvalue weighted by atomic mass is 79.9. The van der Waals surface area contributed by atoms with Crippen LogP contribution in [0.1, 0.15) is 5.56 Å². The Morgan fingerprint density at radius 1 is 1.05 bits per heavy atom. The number of hydrogen-bond acceptors (Lipinski definition) is 2. The molecule has 0 aromatic heterocycles. The van der Waals surface area contributed by atoms with Crippen molar-refractivity contribution in [1.29, 1.82) is 0 Å². The summed E-state index contributed by atoms with van der Waals surface area (Å²) in [5.41, 5.74) is 6.43. The molecule has 0 saturated heterocycles. The van der Waals surface area contributed by atoms with Gasteiger partial charge in [0.2, 0.25) is 0 Å². The highest BCUT2D eigenvalue weighted by Crippen LogP contribution is 2.27. The topological polar surface area (TPSA) is 38.0 Å². The maximum Gasteiger partial charge on any atom is 0.139 e. The van der Waals surface area contributed by atoms with E-state index in [0.717, 1.165) is 24.3 Å². The van der Waals surface area contributed by atoms with Crippen molar-refractivity contribution in [3.63, 3.8) is 0 Å². The molecule has 0 heterocycles. The number of anilines is 2. The Balaban J connectivity index is 2.19. The summed E-state index contributed by atoms with van der Waals surface area (Å²) in [5, 5.41) is 2.84. The van der Waals surface area contributed by atoms with E-state index in [1.807, 2.05) is 0 Å². The molecule has 0 amide bonds. The second kappa shape index (κ2) is 5.52. The SMILES string of the molecule is Nc1cc(F)c(Br)cc1NCc1cc(F)ccc1F. The zero-order chi connectivity index (χ0) is 14.0. The monoisotopic (exact) mass is 330 g/mol. The Labute approximate surface area is 116 Å². The van der Waals surface area contributed by atoms with Crippen molar-refractivity contribution < 1.29 is 13.2 Å². The first-order valence-electron chi connectivity index (χ1n) is 5.39. The van der Waals surface area contributed by atoms with Crippen LogP contribution in [0.25, 0.3) is 0 Å². The first kappa shape index (κ1) is 13.7. The fraction of sp³-hybridized carbons (Fsp3) is 0.0769. The number of benzene rings is 2. The Hall–Kier alpha value is -1.69. The summed E-state index contributed by atoms with van der Waals surface area (Å²) in [6.07, 6.45) is 0. The van der Waals surface area contributed by atoms with Gasteiger partial charge < -0.3 is 11.1 Å². The first-order chi connectivity index (χ1) is 8.97. The van der Waals surface area contributed by atoms with Crippen LogP contribution < -0.4 is 11.1 Å². The summed E-state index contributed by atoms with van der Waals surface area (Å²) in [5.74, 6) is -1.53. The zero-order valence-electron chi connectivity index (χ0n) is 9.68. The van der Waals surface area contributed by atoms with Crippen molar-refractivity contribution in [2.45, 2.75) is 6.54 Å². The minimum atomic E-state index is -0.522. The zero-order valence-corrected chi connectivity index (χ0v) is 11.3. The van der Waals surface area contributed by atoms with Crippen LogP contribution in [0.5, 0.6) is 0 Å². The number of nitrogens with one attached hydrogen (secondary N) is 1. The molecule has 3 N–H and O–H groups in total. The van der Waals surface area contributed by atoms with E-state index < -0.39 is 17.5 Å². The molecule has 2 aromatic rings. The average molecular weight is 331 g/mol. The Morgan fingerprint density at radius 3 is 2.53 bits per heavy atom. The molecule has 0 radical (unpaired) electrons. The molecule has 0 aliphatic carbocycles. The lowest BCUT2D eigenvalue weighted by Gasteiger charge is -2.11. The number of rotatable bonds is 3. The molecule has 0 aliphatic rings. The lowest BCUT2D eigenvalue weighted by Crippen LogP contribution is -2.05. The van der Waals surface area contributed by atoms with Crippen molar-refractivity contribution in [1.82, 2.24) is 0 Å². The van der Waals surface area contributed by atoms with Crippen molar-refractivity contribution in [3.05, 3.63) is 57.8 Å². The summed E-state index contributed by atoms with van der Waals surface area (Å²) in [4.78, 5) is 0. The minimum absolute atomic E-state index is 0.0475. The van der Waals surface area contributed by atoms with Crippen LogP contribution in [0, 0.1) is 17.5 Å². The second-order valence-corrected chi connectivity index (χ2v) is 4.80. The maximum atomic E-state index is 13.4. The van der Waals surface area contributed by atoms with E-state index in [1.165, 1.54) is 6.07 Å². The number of hydrogen-bond donors (Lipinski definition) is 2. The minimum Gasteiger partial charge on any atom is -0.397 e. The summed E-state index contributed by atoms with van der Waals surface area (Å²) in [6.45, 7) is 0.0475. The van der Waals surface area contributed by atoms with Crippen molar-refractivity contribution in [2.75, 3.05) is 11.1 Å². The first-order valence-corrected chi connectivity index (χ1v) is 6.19. The van der Waals surface area contributed by atoms with E-state index in [-0.39, 0.29) is 22.3 Å². The van der Waals surface area contributed by atoms with E-state index >= 15 is 0 Å². The van der Waals surface area contributed by atoms with Gasteiger partial charge in [0.05, 0.1) is 15.8 Å². The van der Waals surface area contributed by atoms with Gasteiger partial charge >= 0.3 is 0 Å².